The molecule has 4 aliphatic carbocycles. The van der Waals surface area contributed by atoms with Gasteiger partial charge >= 0.3 is 0 Å². The van der Waals surface area contributed by atoms with E-state index in [2.05, 4.69) is 20.2 Å². The number of hydrogen-bond acceptors (Lipinski definition) is 5. The van der Waals surface area contributed by atoms with E-state index < -0.39 is 0 Å². The van der Waals surface area contributed by atoms with E-state index in [4.69, 9.17) is 0 Å². The second kappa shape index (κ2) is 7.26. The van der Waals surface area contributed by atoms with Crippen molar-refractivity contribution in [2.24, 2.45) is 17.8 Å². The van der Waals surface area contributed by atoms with Gasteiger partial charge in [0.2, 0.25) is 11.9 Å². The van der Waals surface area contributed by atoms with Gasteiger partial charge in [0.05, 0.1) is 5.75 Å². The van der Waals surface area contributed by atoms with Gasteiger partial charge in [0.1, 0.15) is 0 Å². The zero-order chi connectivity index (χ0) is 18.3. The Morgan fingerprint density at radius 2 is 1.81 bits per heavy atom. The number of nitrogens with one attached hydrogen (secondary N) is 1. The first-order chi connectivity index (χ1) is 13.2. The molecule has 6 rings (SSSR count). The van der Waals surface area contributed by atoms with Gasteiger partial charge in [-0.2, -0.15) is 0 Å². The molecule has 0 unspecified atom stereocenters. The Hall–Kier alpha value is -1.30. The number of anilines is 1. The van der Waals surface area contributed by atoms with Gasteiger partial charge in [-0.1, -0.05) is 0 Å². The molecule has 5 aliphatic rings. The highest BCUT2D eigenvalue weighted by atomic mass is 32.2. The van der Waals surface area contributed by atoms with Crippen LogP contribution in [0, 0.1) is 17.8 Å². The summed E-state index contributed by atoms with van der Waals surface area (Å²) in [6, 6.07) is 2.06. The molecule has 27 heavy (non-hydrogen) atoms. The fourth-order valence-electron chi connectivity index (χ4n) is 6.43. The van der Waals surface area contributed by atoms with E-state index in [0.717, 1.165) is 49.6 Å². The molecule has 5 fully saturated rings. The lowest BCUT2D eigenvalue weighted by Crippen LogP contribution is -2.50. The molecule has 2 heterocycles. The van der Waals surface area contributed by atoms with E-state index in [-0.39, 0.29) is 11.9 Å². The van der Waals surface area contributed by atoms with Gasteiger partial charge in [-0.15, -0.1) is 11.8 Å². The van der Waals surface area contributed by atoms with Gasteiger partial charge in [-0.3, -0.25) is 4.79 Å². The van der Waals surface area contributed by atoms with E-state index in [1.165, 1.54) is 38.5 Å². The molecule has 6 heteroatoms. The molecule has 1 N–H and O–H groups in total. The smallest absolute Gasteiger partial charge is 0.230 e. The molecule has 5 nitrogen and oxygen atoms in total. The van der Waals surface area contributed by atoms with Crippen LogP contribution in [0.2, 0.25) is 0 Å². The van der Waals surface area contributed by atoms with Crippen LogP contribution in [-0.4, -0.2) is 45.5 Å². The molecule has 1 atom stereocenters. The first-order valence-electron chi connectivity index (χ1n) is 10.6. The fraction of sp³-hybridized carbons (Fsp3) is 0.762. The average Bonchev–Trinajstić information content (AvgIpc) is 2.66. The monoisotopic (exact) mass is 386 g/mol. The van der Waals surface area contributed by atoms with E-state index in [9.17, 15) is 4.79 Å². The molecule has 146 valence electrons. The molecule has 0 radical (unpaired) electrons. The second-order valence-electron chi connectivity index (χ2n) is 9.29. The summed E-state index contributed by atoms with van der Waals surface area (Å²) in [6.45, 7) is 1.79. The Morgan fingerprint density at radius 3 is 2.48 bits per heavy atom. The SMILES string of the molecule is O=C(CSC12CC3CC(CC(C3)C1)C2)N[C@@H]1CCCN(c2ncccn2)C1. The normalized spacial score (nSPS) is 37.4. The van der Waals surface area contributed by atoms with Gasteiger partial charge in [0.15, 0.2) is 0 Å². The highest BCUT2D eigenvalue weighted by Crippen LogP contribution is 2.60. The quantitative estimate of drug-likeness (QED) is 0.842. The van der Waals surface area contributed by atoms with Crippen LogP contribution in [0.4, 0.5) is 5.95 Å². The summed E-state index contributed by atoms with van der Waals surface area (Å²) in [4.78, 5) is 23.6. The van der Waals surface area contributed by atoms with Crippen LogP contribution < -0.4 is 10.2 Å². The summed E-state index contributed by atoms with van der Waals surface area (Å²) in [6.07, 6.45) is 14.2. The number of rotatable bonds is 5. The van der Waals surface area contributed by atoms with Gasteiger partial charge in [0, 0.05) is 36.3 Å². The van der Waals surface area contributed by atoms with Gasteiger partial charge in [0.25, 0.3) is 0 Å². The number of amides is 1. The van der Waals surface area contributed by atoms with Crippen molar-refractivity contribution in [1.29, 1.82) is 0 Å². The third-order valence-corrected chi connectivity index (χ3v) is 8.63. The van der Waals surface area contributed by atoms with Crippen molar-refractivity contribution in [3.05, 3.63) is 18.5 Å². The molecule has 1 aromatic heterocycles. The summed E-state index contributed by atoms with van der Waals surface area (Å²) in [5.41, 5.74) is 0. The van der Waals surface area contributed by atoms with Gasteiger partial charge in [-0.25, -0.2) is 9.97 Å². The van der Waals surface area contributed by atoms with Crippen molar-refractivity contribution < 1.29 is 4.79 Å². The van der Waals surface area contributed by atoms with Gasteiger partial charge in [-0.05, 0) is 75.2 Å². The zero-order valence-electron chi connectivity index (χ0n) is 16.0. The summed E-state index contributed by atoms with van der Waals surface area (Å²) >= 11 is 1.98. The molecular weight excluding hydrogens is 356 g/mol. The van der Waals surface area contributed by atoms with Crippen LogP contribution in [0.5, 0.6) is 0 Å². The molecule has 1 aliphatic heterocycles. The van der Waals surface area contributed by atoms with Crippen molar-refractivity contribution >= 4 is 23.6 Å². The maximum absolute atomic E-state index is 12.7. The molecule has 1 saturated heterocycles. The number of piperidine rings is 1. The molecule has 4 saturated carbocycles. The molecule has 4 bridgehead atoms. The number of carbonyl (C=O) groups is 1. The van der Waals surface area contributed by atoms with Crippen LogP contribution >= 0.6 is 11.8 Å². The predicted molar refractivity (Wildman–Crippen MR) is 109 cm³/mol. The summed E-state index contributed by atoms with van der Waals surface area (Å²) < 4.78 is 0.419. The lowest BCUT2D eigenvalue weighted by molar-refractivity contribution is -0.119. The van der Waals surface area contributed by atoms with Crippen molar-refractivity contribution in [3.8, 4) is 0 Å². The highest BCUT2D eigenvalue weighted by Gasteiger charge is 2.51. The van der Waals surface area contributed by atoms with Crippen molar-refractivity contribution in [1.82, 2.24) is 15.3 Å². The number of nitrogens with zero attached hydrogens (tertiary/aromatic N) is 3. The first-order valence-corrected chi connectivity index (χ1v) is 11.6. The van der Waals surface area contributed by atoms with E-state index >= 15 is 0 Å². The molecular formula is C21H30N4OS. The predicted octanol–water partition coefficient (Wildman–Crippen LogP) is 3.26. The molecule has 1 amide bonds. The second-order valence-corrected chi connectivity index (χ2v) is 10.7. The third-order valence-electron chi connectivity index (χ3n) is 7.11. The van der Waals surface area contributed by atoms with E-state index in [0.29, 0.717) is 10.5 Å². The zero-order valence-corrected chi connectivity index (χ0v) is 16.8. The Kier molecular flexibility index (Phi) is 4.78. The van der Waals surface area contributed by atoms with Crippen LogP contribution in [0.15, 0.2) is 18.5 Å². The van der Waals surface area contributed by atoms with E-state index in [1.807, 2.05) is 17.8 Å². The first kappa shape index (κ1) is 17.8. The summed E-state index contributed by atoms with van der Waals surface area (Å²) in [5.74, 6) is 4.47. The van der Waals surface area contributed by atoms with Crippen LogP contribution in [-0.2, 0) is 4.79 Å². The molecule has 1 aromatic rings. The van der Waals surface area contributed by atoms with Crippen LogP contribution in [0.25, 0.3) is 0 Å². The summed E-state index contributed by atoms with van der Waals surface area (Å²) in [7, 11) is 0. The third kappa shape index (κ3) is 3.82. The van der Waals surface area contributed by atoms with Crippen molar-refractivity contribution in [2.45, 2.75) is 62.2 Å². The number of thioether (sulfide) groups is 1. The van der Waals surface area contributed by atoms with Crippen molar-refractivity contribution in [3.63, 3.8) is 0 Å². The van der Waals surface area contributed by atoms with Crippen LogP contribution in [0.3, 0.4) is 0 Å². The molecule has 0 spiro atoms. The topological polar surface area (TPSA) is 58.1 Å². The molecule has 0 aromatic carbocycles. The lowest BCUT2D eigenvalue weighted by Gasteiger charge is -2.56. The maximum Gasteiger partial charge on any atom is 0.230 e. The Balaban J connectivity index is 1.13. The lowest BCUT2D eigenvalue weighted by atomic mass is 9.56. The Morgan fingerprint density at radius 1 is 1.15 bits per heavy atom. The number of hydrogen-bond donors (Lipinski definition) is 1. The van der Waals surface area contributed by atoms with Crippen LogP contribution in [0.1, 0.15) is 51.4 Å². The number of carbonyl (C=O) groups excluding carboxylic acids is 1. The average molecular weight is 387 g/mol. The standard InChI is InChI=1S/C21H30N4OS/c26-19(14-27-21-10-15-7-16(11-21)9-17(8-15)12-21)24-18-3-1-6-25(13-18)20-22-4-2-5-23-20/h2,4-5,15-18H,1,3,6-14H2,(H,24,26)/t15?,16?,17?,18-,21?/m1/s1. The van der Waals surface area contributed by atoms with E-state index in [1.54, 1.807) is 12.4 Å². The minimum absolute atomic E-state index is 0.215. The Labute approximate surface area is 166 Å². The minimum atomic E-state index is 0.215. The van der Waals surface area contributed by atoms with Gasteiger partial charge < -0.3 is 10.2 Å². The highest BCUT2D eigenvalue weighted by molar-refractivity contribution is 8.01. The number of aromatic nitrogens is 2. The largest absolute Gasteiger partial charge is 0.351 e. The maximum atomic E-state index is 12.7. The fourth-order valence-corrected chi connectivity index (χ4v) is 8.01. The summed E-state index contributed by atoms with van der Waals surface area (Å²) in [5, 5.41) is 3.29. The van der Waals surface area contributed by atoms with Crippen molar-refractivity contribution in [2.75, 3.05) is 23.7 Å². The Bertz CT molecular complexity index is 647. The minimum Gasteiger partial charge on any atom is -0.351 e.